The van der Waals surface area contributed by atoms with E-state index in [0.29, 0.717) is 0 Å². The SMILES string of the molecule is O=S([O-])CS(=O)[O-].O=S([O-])CS(=O)[O-].[Ni]. The Labute approximate surface area is 106 Å². The van der Waals surface area contributed by atoms with Gasteiger partial charge < -0.3 is 18.2 Å². The van der Waals surface area contributed by atoms with Crippen molar-refractivity contribution in [2.24, 2.45) is 0 Å². The quantitative estimate of drug-likeness (QED) is 0.397. The van der Waals surface area contributed by atoms with E-state index in [1.807, 2.05) is 0 Å². The summed E-state index contributed by atoms with van der Waals surface area (Å²) < 4.78 is 75.3. The normalized spacial score (nSPS) is 17.3. The molecule has 0 radical (unpaired) electrons. The van der Waals surface area contributed by atoms with E-state index in [4.69, 9.17) is 0 Å². The van der Waals surface area contributed by atoms with Crippen molar-refractivity contribution in [1.82, 2.24) is 0 Å². The second-order valence-corrected chi connectivity index (χ2v) is 5.77. The molecule has 0 spiro atoms. The summed E-state index contributed by atoms with van der Waals surface area (Å²) in [6.07, 6.45) is 0. The van der Waals surface area contributed by atoms with Crippen molar-refractivity contribution in [3.63, 3.8) is 0 Å². The van der Waals surface area contributed by atoms with Crippen LogP contribution in [0.5, 0.6) is 0 Å². The molecule has 0 N–H and O–H groups in total. The zero-order chi connectivity index (χ0) is 11.7. The zero-order valence-corrected chi connectivity index (χ0v) is 10.9. The molecular formula is C2H4NiO8S4-4. The van der Waals surface area contributed by atoms with Gasteiger partial charge in [-0.2, -0.15) is 0 Å². The fraction of sp³-hybridized carbons (Fsp3) is 1.00. The Morgan fingerprint density at radius 3 is 0.733 bits per heavy atom. The molecule has 0 aromatic rings. The van der Waals surface area contributed by atoms with Gasteiger partial charge in [0.15, 0.2) is 0 Å². The van der Waals surface area contributed by atoms with Crippen molar-refractivity contribution < 1.29 is 51.5 Å². The maximum absolute atomic E-state index is 9.42. The predicted octanol–water partition coefficient (Wildman–Crippen LogP) is -2.60. The topological polar surface area (TPSA) is 161 Å². The van der Waals surface area contributed by atoms with Crippen molar-refractivity contribution in [3.8, 4) is 0 Å². The Balaban J connectivity index is -0.000000180. The molecule has 98 valence electrons. The molecule has 0 aliphatic rings. The van der Waals surface area contributed by atoms with Gasteiger partial charge in [0.1, 0.15) is 0 Å². The average molecular weight is 343 g/mol. The molecule has 0 aromatic heterocycles. The van der Waals surface area contributed by atoms with Gasteiger partial charge in [-0.15, -0.1) is 0 Å². The van der Waals surface area contributed by atoms with Crippen molar-refractivity contribution in [2.45, 2.75) is 0 Å². The molecule has 13 heteroatoms. The summed E-state index contributed by atoms with van der Waals surface area (Å²) in [4.78, 5) is 0. The van der Waals surface area contributed by atoms with E-state index < -0.39 is 54.5 Å². The molecule has 4 unspecified atom stereocenters. The van der Waals surface area contributed by atoms with Gasteiger partial charge in [0, 0.05) is 16.5 Å². The van der Waals surface area contributed by atoms with Crippen LogP contribution in [0.4, 0.5) is 0 Å². The van der Waals surface area contributed by atoms with Crippen LogP contribution in [0.25, 0.3) is 0 Å². The molecule has 0 aromatic carbocycles. The van der Waals surface area contributed by atoms with Crippen LogP contribution in [0.2, 0.25) is 0 Å². The number of hydrogen-bond donors (Lipinski definition) is 0. The van der Waals surface area contributed by atoms with E-state index in [0.717, 1.165) is 0 Å². The van der Waals surface area contributed by atoms with E-state index in [1.54, 1.807) is 0 Å². The van der Waals surface area contributed by atoms with E-state index in [1.165, 1.54) is 0 Å². The van der Waals surface area contributed by atoms with Gasteiger partial charge in [-0.1, -0.05) is 0 Å². The maximum Gasteiger partial charge on any atom is 0.0728 e. The van der Waals surface area contributed by atoms with Gasteiger partial charge in [-0.05, 0) is 44.3 Å². The van der Waals surface area contributed by atoms with Gasteiger partial charge in [0.25, 0.3) is 0 Å². The van der Waals surface area contributed by atoms with E-state index >= 15 is 0 Å². The van der Waals surface area contributed by atoms with Crippen molar-refractivity contribution in [2.75, 3.05) is 10.2 Å². The summed E-state index contributed by atoms with van der Waals surface area (Å²) in [6, 6.07) is 0. The molecular weight excluding hydrogens is 339 g/mol. The maximum atomic E-state index is 9.42. The van der Waals surface area contributed by atoms with Gasteiger partial charge in [-0.3, -0.25) is 16.8 Å². The molecule has 4 atom stereocenters. The van der Waals surface area contributed by atoms with Crippen molar-refractivity contribution in [1.29, 1.82) is 0 Å². The van der Waals surface area contributed by atoms with E-state index in [-0.39, 0.29) is 16.5 Å². The summed E-state index contributed by atoms with van der Waals surface area (Å²) in [5, 5.41) is -1.61. The third-order valence-electron chi connectivity index (χ3n) is 0.385. The monoisotopic (exact) mass is 342 g/mol. The molecule has 0 heterocycles. The largest absolute Gasteiger partial charge is 0.772 e. The first-order chi connectivity index (χ1) is 6.25. The van der Waals surface area contributed by atoms with Crippen LogP contribution >= 0.6 is 0 Å². The van der Waals surface area contributed by atoms with Crippen LogP contribution in [-0.4, -0.2) is 45.2 Å². The second kappa shape index (κ2) is 13.0. The summed E-state index contributed by atoms with van der Waals surface area (Å²) in [7, 11) is 0. The van der Waals surface area contributed by atoms with Crippen LogP contribution in [0.3, 0.4) is 0 Å². The summed E-state index contributed by atoms with van der Waals surface area (Å²) in [5.74, 6) is 0. The van der Waals surface area contributed by atoms with Gasteiger partial charge in [0.05, 0.1) is 10.2 Å². The number of rotatable bonds is 4. The third-order valence-corrected chi connectivity index (χ3v) is 3.46. The predicted molar refractivity (Wildman–Crippen MR) is 45.4 cm³/mol. The minimum atomic E-state index is -2.46. The first kappa shape index (κ1) is 21.2. The van der Waals surface area contributed by atoms with Crippen LogP contribution in [0.1, 0.15) is 0 Å². The molecule has 0 bridgehead atoms. The van der Waals surface area contributed by atoms with Crippen LogP contribution in [0, 0.1) is 0 Å². The molecule has 15 heavy (non-hydrogen) atoms. The molecule has 0 aliphatic carbocycles. The van der Waals surface area contributed by atoms with Crippen molar-refractivity contribution in [3.05, 3.63) is 0 Å². The minimum Gasteiger partial charge on any atom is -0.772 e. The summed E-state index contributed by atoms with van der Waals surface area (Å²) in [6.45, 7) is 0. The molecule has 0 rings (SSSR count). The fourth-order valence-corrected chi connectivity index (χ4v) is 1.41. The fourth-order valence-electron chi connectivity index (χ4n) is 0.157. The van der Waals surface area contributed by atoms with Crippen LogP contribution < -0.4 is 0 Å². The van der Waals surface area contributed by atoms with Crippen LogP contribution in [0.15, 0.2) is 0 Å². The first-order valence-electron chi connectivity index (χ1n) is 2.49. The Hall–Kier alpha value is 0.934. The standard InChI is InChI=1S/2CH4O4S2.Ni/c2*2-6(3)1-7(4)5;/h2*1H2,(H,2,3)(H,4,5);/p-4. The molecule has 0 fully saturated rings. The van der Waals surface area contributed by atoms with E-state index in [9.17, 15) is 35.0 Å². The van der Waals surface area contributed by atoms with E-state index in [2.05, 4.69) is 0 Å². The van der Waals surface area contributed by atoms with Crippen molar-refractivity contribution >= 4 is 44.3 Å². The minimum absolute atomic E-state index is 0. The summed E-state index contributed by atoms with van der Waals surface area (Å²) in [5.41, 5.74) is 0. The Bertz CT molecular complexity index is 203. The second-order valence-electron chi connectivity index (χ2n) is 1.45. The summed E-state index contributed by atoms with van der Waals surface area (Å²) >= 11 is -9.83. The van der Waals surface area contributed by atoms with Crippen LogP contribution in [-0.2, 0) is 60.8 Å². The van der Waals surface area contributed by atoms with Gasteiger partial charge in [-0.25, -0.2) is 0 Å². The molecule has 8 nitrogen and oxygen atoms in total. The van der Waals surface area contributed by atoms with Gasteiger partial charge in [0.2, 0.25) is 0 Å². The zero-order valence-electron chi connectivity index (χ0n) is 6.63. The van der Waals surface area contributed by atoms with Gasteiger partial charge >= 0.3 is 0 Å². The molecule has 0 saturated carbocycles. The molecule has 0 amide bonds. The molecule has 0 saturated heterocycles. The first-order valence-corrected chi connectivity index (χ1v) is 7.46. The molecule has 0 aliphatic heterocycles. The smallest absolute Gasteiger partial charge is 0.0728 e. The third kappa shape index (κ3) is 31.3. The Kier molecular flexibility index (Phi) is 18.4. The number of hydrogen-bond acceptors (Lipinski definition) is 8. The Morgan fingerprint density at radius 2 is 0.733 bits per heavy atom. The average Bonchev–Trinajstić information content (AvgIpc) is 1.79. The Morgan fingerprint density at radius 1 is 0.600 bits per heavy atom.